The smallest absolute Gasteiger partial charge is 0.387 e. The predicted octanol–water partition coefficient (Wildman–Crippen LogP) is 2.58. The van der Waals surface area contributed by atoms with Crippen LogP contribution in [0.2, 0.25) is 0 Å². The van der Waals surface area contributed by atoms with Gasteiger partial charge in [0, 0.05) is 11.5 Å². The number of rotatable bonds is 3. The van der Waals surface area contributed by atoms with Crippen molar-refractivity contribution in [1.29, 1.82) is 0 Å². The lowest BCUT2D eigenvalue weighted by Gasteiger charge is -2.06. The lowest BCUT2D eigenvalue weighted by Crippen LogP contribution is -2.04. The zero-order valence-corrected chi connectivity index (χ0v) is 7.59. The van der Waals surface area contributed by atoms with Crippen molar-refractivity contribution in [2.45, 2.75) is 11.9 Å². The topological polar surface area (TPSA) is 22.1 Å². The highest BCUT2D eigenvalue weighted by atomic mass is 79.9. The van der Waals surface area contributed by atoms with Gasteiger partial charge in [-0.2, -0.15) is 8.78 Å². The molecule has 0 saturated carbocycles. The summed E-state index contributed by atoms with van der Waals surface area (Å²) in [5.41, 5.74) is 0.470. The van der Waals surface area contributed by atoms with Gasteiger partial charge in [0.2, 0.25) is 0 Å². The summed E-state index contributed by atoms with van der Waals surface area (Å²) in [6, 6.07) is 3.00. The lowest BCUT2D eigenvalue weighted by molar-refractivity contribution is -0.0505. The van der Waals surface area contributed by atoms with Crippen LogP contribution in [0.25, 0.3) is 0 Å². The van der Waals surface area contributed by atoms with E-state index in [-0.39, 0.29) is 5.75 Å². The van der Waals surface area contributed by atoms with Crippen molar-refractivity contribution in [2.24, 2.45) is 0 Å². The Kier molecular flexibility index (Phi) is 3.40. The van der Waals surface area contributed by atoms with Gasteiger partial charge in [0.1, 0.15) is 5.75 Å². The van der Waals surface area contributed by atoms with E-state index in [4.69, 9.17) is 0 Å². The first kappa shape index (κ1) is 9.38. The van der Waals surface area contributed by atoms with Gasteiger partial charge in [0.25, 0.3) is 0 Å². The molecule has 1 aromatic heterocycles. The van der Waals surface area contributed by atoms with Gasteiger partial charge in [0.05, 0.1) is 5.69 Å². The van der Waals surface area contributed by atoms with Gasteiger partial charge in [-0.25, -0.2) is 0 Å². The molecule has 0 unspecified atom stereocenters. The number of hydrogen-bond acceptors (Lipinski definition) is 2. The molecule has 0 amide bonds. The molecule has 0 aliphatic rings. The fourth-order valence-electron chi connectivity index (χ4n) is 0.727. The second kappa shape index (κ2) is 4.35. The second-order valence-corrected chi connectivity index (χ2v) is 2.52. The Morgan fingerprint density at radius 3 is 2.92 bits per heavy atom. The monoisotopic (exact) mass is 237 g/mol. The van der Waals surface area contributed by atoms with Gasteiger partial charge in [-0.3, -0.25) is 4.98 Å². The summed E-state index contributed by atoms with van der Waals surface area (Å²) in [5, 5.41) is 0.399. The fourth-order valence-corrected chi connectivity index (χ4v) is 1.15. The minimum Gasteiger partial charge on any atom is -0.433 e. The zero-order valence-electron chi connectivity index (χ0n) is 6.01. The van der Waals surface area contributed by atoms with Crippen molar-refractivity contribution in [1.82, 2.24) is 4.98 Å². The Hall–Kier alpha value is -0.710. The molecule has 0 radical (unpaired) electrons. The molecule has 0 fully saturated rings. The summed E-state index contributed by atoms with van der Waals surface area (Å²) < 4.78 is 27.8. The summed E-state index contributed by atoms with van der Waals surface area (Å²) in [5.74, 6) is 0.115. The second-order valence-electron chi connectivity index (χ2n) is 1.96. The Balaban J connectivity index is 2.82. The van der Waals surface area contributed by atoms with Crippen molar-refractivity contribution in [2.75, 3.05) is 0 Å². The van der Waals surface area contributed by atoms with Crippen LogP contribution in [0.1, 0.15) is 5.69 Å². The quantitative estimate of drug-likeness (QED) is 0.755. The van der Waals surface area contributed by atoms with E-state index in [2.05, 4.69) is 25.7 Å². The van der Waals surface area contributed by atoms with Crippen molar-refractivity contribution in [3.05, 3.63) is 24.0 Å². The molecule has 5 heteroatoms. The zero-order chi connectivity index (χ0) is 8.97. The number of aromatic nitrogens is 1. The van der Waals surface area contributed by atoms with Crippen LogP contribution >= 0.6 is 15.9 Å². The Morgan fingerprint density at radius 2 is 2.33 bits per heavy atom. The molecular formula is C7H6BrF2NO. The lowest BCUT2D eigenvalue weighted by atomic mass is 10.3. The molecule has 0 aliphatic heterocycles. The van der Waals surface area contributed by atoms with Crippen LogP contribution in [0.5, 0.6) is 5.75 Å². The van der Waals surface area contributed by atoms with Crippen LogP contribution in [0, 0.1) is 0 Å². The molecule has 0 saturated heterocycles. The van der Waals surface area contributed by atoms with Crippen molar-refractivity contribution in [3.8, 4) is 5.75 Å². The van der Waals surface area contributed by atoms with E-state index in [1.54, 1.807) is 6.07 Å². The SMILES string of the molecule is FC(F)Oc1cccnc1CBr. The van der Waals surface area contributed by atoms with Crippen LogP contribution in [0.3, 0.4) is 0 Å². The molecule has 0 spiro atoms. The molecular weight excluding hydrogens is 232 g/mol. The van der Waals surface area contributed by atoms with Crippen LogP contribution in [-0.2, 0) is 5.33 Å². The average Bonchev–Trinajstić information content (AvgIpc) is 2.04. The summed E-state index contributed by atoms with van der Waals surface area (Å²) in [6.07, 6.45) is 1.52. The van der Waals surface area contributed by atoms with E-state index in [9.17, 15) is 8.78 Å². The van der Waals surface area contributed by atoms with Gasteiger partial charge in [-0.15, -0.1) is 0 Å². The highest BCUT2D eigenvalue weighted by Crippen LogP contribution is 2.19. The van der Waals surface area contributed by atoms with E-state index >= 15 is 0 Å². The molecule has 0 N–H and O–H groups in total. The number of ether oxygens (including phenoxy) is 1. The van der Waals surface area contributed by atoms with Crippen LogP contribution in [0.15, 0.2) is 18.3 Å². The molecule has 0 aromatic carbocycles. The van der Waals surface area contributed by atoms with Gasteiger partial charge < -0.3 is 4.74 Å². The maximum absolute atomic E-state index is 11.8. The molecule has 66 valence electrons. The molecule has 0 bridgehead atoms. The molecule has 1 aromatic rings. The van der Waals surface area contributed by atoms with E-state index in [0.717, 1.165) is 0 Å². The normalized spacial score (nSPS) is 10.3. The Bertz CT molecular complexity index is 257. The average molecular weight is 238 g/mol. The summed E-state index contributed by atoms with van der Waals surface area (Å²) in [7, 11) is 0. The Morgan fingerprint density at radius 1 is 1.58 bits per heavy atom. The minimum atomic E-state index is -2.80. The predicted molar refractivity (Wildman–Crippen MR) is 43.5 cm³/mol. The molecule has 1 rings (SSSR count). The number of hydrogen-bond donors (Lipinski definition) is 0. The third-order valence-corrected chi connectivity index (χ3v) is 1.72. The third-order valence-electron chi connectivity index (χ3n) is 1.19. The number of halogens is 3. The van der Waals surface area contributed by atoms with Crippen molar-refractivity contribution in [3.63, 3.8) is 0 Å². The summed E-state index contributed by atoms with van der Waals surface area (Å²) in [6.45, 7) is -2.80. The largest absolute Gasteiger partial charge is 0.433 e. The number of pyridine rings is 1. The van der Waals surface area contributed by atoms with Crippen LogP contribution in [-0.4, -0.2) is 11.6 Å². The van der Waals surface area contributed by atoms with E-state index in [1.165, 1.54) is 12.3 Å². The van der Waals surface area contributed by atoms with Crippen molar-refractivity contribution >= 4 is 15.9 Å². The molecule has 2 nitrogen and oxygen atoms in total. The van der Waals surface area contributed by atoms with Gasteiger partial charge in [-0.1, -0.05) is 15.9 Å². The fraction of sp³-hybridized carbons (Fsp3) is 0.286. The van der Waals surface area contributed by atoms with Gasteiger partial charge in [-0.05, 0) is 12.1 Å². The maximum atomic E-state index is 11.8. The van der Waals surface area contributed by atoms with E-state index in [1.807, 2.05) is 0 Å². The molecule has 12 heavy (non-hydrogen) atoms. The summed E-state index contributed by atoms with van der Waals surface area (Å²) >= 11 is 3.11. The highest BCUT2D eigenvalue weighted by Gasteiger charge is 2.08. The first-order valence-electron chi connectivity index (χ1n) is 3.18. The minimum absolute atomic E-state index is 0.115. The van der Waals surface area contributed by atoms with E-state index < -0.39 is 6.61 Å². The van der Waals surface area contributed by atoms with Crippen LogP contribution in [0.4, 0.5) is 8.78 Å². The Labute approximate surface area is 76.7 Å². The first-order chi connectivity index (χ1) is 5.74. The van der Waals surface area contributed by atoms with Gasteiger partial charge >= 0.3 is 6.61 Å². The molecule has 0 atom stereocenters. The van der Waals surface area contributed by atoms with Gasteiger partial charge in [0.15, 0.2) is 0 Å². The molecule has 0 aliphatic carbocycles. The number of nitrogens with zero attached hydrogens (tertiary/aromatic N) is 1. The maximum Gasteiger partial charge on any atom is 0.387 e. The highest BCUT2D eigenvalue weighted by molar-refractivity contribution is 9.08. The van der Waals surface area contributed by atoms with Crippen molar-refractivity contribution < 1.29 is 13.5 Å². The third kappa shape index (κ3) is 2.41. The van der Waals surface area contributed by atoms with E-state index in [0.29, 0.717) is 11.0 Å². The number of alkyl halides is 3. The summed E-state index contributed by atoms with van der Waals surface area (Å²) in [4.78, 5) is 3.85. The first-order valence-corrected chi connectivity index (χ1v) is 4.31. The standard InChI is InChI=1S/C7H6BrF2NO/c8-4-5-6(12-7(9)10)2-1-3-11-5/h1-3,7H,4H2. The van der Waals surface area contributed by atoms with Crippen LogP contribution < -0.4 is 4.74 Å². The molecule has 1 heterocycles.